The largest absolute Gasteiger partial charge is 0.484 e. The fourth-order valence-corrected chi connectivity index (χ4v) is 1.15. The SMILES string of the molecule is CSC(=[N+](C)C)C(F)(F)F. The summed E-state index contributed by atoms with van der Waals surface area (Å²) in [7, 11) is 2.75. The van der Waals surface area contributed by atoms with E-state index < -0.39 is 11.2 Å². The zero-order valence-electron chi connectivity index (χ0n) is 5.99. The second-order valence-corrected chi connectivity index (χ2v) is 2.70. The van der Waals surface area contributed by atoms with Gasteiger partial charge in [-0.15, -0.1) is 0 Å². The van der Waals surface area contributed by atoms with Crippen LogP contribution < -0.4 is 0 Å². The molecule has 0 N–H and O–H groups in total. The molecule has 0 saturated heterocycles. The number of alkyl halides is 3. The van der Waals surface area contributed by atoms with E-state index in [4.69, 9.17) is 0 Å². The summed E-state index contributed by atoms with van der Waals surface area (Å²) in [5.41, 5.74) is 0. The monoisotopic (exact) mass is 172 g/mol. The van der Waals surface area contributed by atoms with Crippen molar-refractivity contribution in [3.05, 3.63) is 0 Å². The Morgan fingerprint density at radius 2 is 1.70 bits per heavy atom. The van der Waals surface area contributed by atoms with Gasteiger partial charge in [-0.25, -0.2) is 4.58 Å². The molecule has 0 spiro atoms. The molecule has 60 valence electrons. The Bertz CT molecular complexity index is 145. The van der Waals surface area contributed by atoms with Crippen molar-refractivity contribution >= 4 is 16.8 Å². The number of halogens is 3. The van der Waals surface area contributed by atoms with E-state index in [0.717, 1.165) is 4.58 Å². The summed E-state index contributed by atoms with van der Waals surface area (Å²) in [6.07, 6.45) is -2.80. The van der Waals surface area contributed by atoms with Crippen LogP contribution in [-0.4, -0.2) is 36.1 Å². The quantitative estimate of drug-likeness (QED) is 0.304. The lowest BCUT2D eigenvalue weighted by Gasteiger charge is -2.03. The molecule has 0 aliphatic rings. The molecule has 0 rings (SSSR count). The van der Waals surface area contributed by atoms with Crippen LogP contribution in [0.3, 0.4) is 0 Å². The number of hydrogen-bond donors (Lipinski definition) is 0. The summed E-state index contributed by atoms with van der Waals surface area (Å²) >= 11 is 0.703. The van der Waals surface area contributed by atoms with Crippen LogP contribution in [0.1, 0.15) is 0 Å². The molecule has 5 heteroatoms. The third kappa shape index (κ3) is 2.60. The molecule has 10 heavy (non-hydrogen) atoms. The maximum atomic E-state index is 11.9. The van der Waals surface area contributed by atoms with Gasteiger partial charge in [-0.2, -0.15) is 13.2 Å². The van der Waals surface area contributed by atoms with Crippen LogP contribution in [0.4, 0.5) is 13.2 Å². The molecular weight excluding hydrogens is 163 g/mol. The lowest BCUT2D eigenvalue weighted by Crippen LogP contribution is -2.27. The van der Waals surface area contributed by atoms with Crippen molar-refractivity contribution in [2.75, 3.05) is 20.4 Å². The molecule has 0 aromatic heterocycles. The summed E-state index contributed by atoms with van der Waals surface area (Å²) in [4.78, 5) is 0. The standard InChI is InChI=1S/C5H9F3NS/c1-9(2)4(10-3)5(6,7)8/h1-3H3/q+1. The number of rotatable bonds is 0. The van der Waals surface area contributed by atoms with Gasteiger partial charge in [0.1, 0.15) is 14.1 Å². The highest BCUT2D eigenvalue weighted by molar-refractivity contribution is 8.13. The molecule has 0 radical (unpaired) electrons. The average molecular weight is 172 g/mol. The third-order valence-corrected chi connectivity index (χ3v) is 1.83. The minimum Gasteiger partial charge on any atom is -0.225 e. The van der Waals surface area contributed by atoms with E-state index in [1.165, 1.54) is 20.4 Å². The minimum atomic E-state index is -4.21. The Morgan fingerprint density at radius 1 is 1.30 bits per heavy atom. The normalized spacial score (nSPS) is 11.4. The Morgan fingerprint density at radius 3 is 1.70 bits per heavy atom. The molecule has 0 atom stereocenters. The van der Waals surface area contributed by atoms with Crippen molar-refractivity contribution in [3.8, 4) is 0 Å². The molecule has 0 aliphatic heterocycles. The summed E-state index contributed by atoms with van der Waals surface area (Å²) in [6.45, 7) is 0. The van der Waals surface area contributed by atoms with Crippen molar-refractivity contribution in [2.24, 2.45) is 0 Å². The van der Waals surface area contributed by atoms with Gasteiger partial charge in [0.25, 0.3) is 0 Å². The highest BCUT2D eigenvalue weighted by Gasteiger charge is 2.41. The Kier molecular flexibility index (Phi) is 3.21. The van der Waals surface area contributed by atoms with Crippen molar-refractivity contribution in [3.63, 3.8) is 0 Å². The van der Waals surface area contributed by atoms with Gasteiger partial charge in [0.15, 0.2) is 0 Å². The van der Waals surface area contributed by atoms with Gasteiger partial charge in [0.2, 0.25) is 0 Å². The first kappa shape index (κ1) is 9.81. The molecule has 0 saturated carbocycles. The zero-order valence-corrected chi connectivity index (χ0v) is 6.81. The lowest BCUT2D eigenvalue weighted by atomic mass is 10.7. The smallest absolute Gasteiger partial charge is 0.225 e. The fraction of sp³-hybridized carbons (Fsp3) is 0.800. The molecule has 0 aromatic rings. The van der Waals surface area contributed by atoms with E-state index >= 15 is 0 Å². The first-order valence-electron chi connectivity index (χ1n) is 2.55. The van der Waals surface area contributed by atoms with Crippen molar-refractivity contribution in [1.29, 1.82) is 0 Å². The van der Waals surface area contributed by atoms with E-state index in [9.17, 15) is 13.2 Å². The zero-order chi connectivity index (χ0) is 8.36. The maximum absolute atomic E-state index is 11.9. The molecule has 0 heterocycles. The molecule has 0 aromatic carbocycles. The first-order chi connectivity index (χ1) is 4.39. The number of thioether (sulfide) groups is 1. The minimum absolute atomic E-state index is 0.576. The second kappa shape index (κ2) is 3.27. The van der Waals surface area contributed by atoms with Gasteiger partial charge >= 0.3 is 11.2 Å². The Labute approximate surface area is 61.9 Å². The van der Waals surface area contributed by atoms with Gasteiger partial charge in [0, 0.05) is 0 Å². The molecule has 0 fully saturated rings. The van der Waals surface area contributed by atoms with Crippen LogP contribution in [0.5, 0.6) is 0 Å². The molecule has 0 bridgehead atoms. The van der Waals surface area contributed by atoms with Crippen molar-refractivity contribution in [2.45, 2.75) is 6.18 Å². The van der Waals surface area contributed by atoms with Crippen LogP contribution in [0.25, 0.3) is 0 Å². The third-order valence-electron chi connectivity index (χ3n) is 0.842. The van der Waals surface area contributed by atoms with Crippen molar-refractivity contribution < 1.29 is 17.7 Å². The van der Waals surface area contributed by atoms with Crippen LogP contribution >= 0.6 is 11.8 Å². The first-order valence-corrected chi connectivity index (χ1v) is 3.77. The average Bonchev–Trinajstić information content (AvgIpc) is 1.60. The van der Waals surface area contributed by atoms with E-state index in [-0.39, 0.29) is 0 Å². The van der Waals surface area contributed by atoms with Gasteiger partial charge in [0.05, 0.1) is 0 Å². The predicted molar refractivity (Wildman–Crippen MR) is 36.7 cm³/mol. The second-order valence-electron chi connectivity index (χ2n) is 1.90. The van der Waals surface area contributed by atoms with Crippen LogP contribution in [-0.2, 0) is 0 Å². The van der Waals surface area contributed by atoms with Crippen molar-refractivity contribution in [1.82, 2.24) is 0 Å². The van der Waals surface area contributed by atoms with Crippen LogP contribution in [0, 0.1) is 0 Å². The molecular formula is C5H9F3NS+. The van der Waals surface area contributed by atoms with Gasteiger partial charge in [-0.3, -0.25) is 0 Å². The topological polar surface area (TPSA) is 3.01 Å². The summed E-state index contributed by atoms with van der Waals surface area (Å²) < 4.78 is 36.7. The van der Waals surface area contributed by atoms with E-state index in [1.54, 1.807) is 0 Å². The lowest BCUT2D eigenvalue weighted by molar-refractivity contribution is -0.469. The van der Waals surface area contributed by atoms with E-state index in [0.29, 0.717) is 11.8 Å². The maximum Gasteiger partial charge on any atom is 0.484 e. The summed E-state index contributed by atoms with van der Waals surface area (Å²) in [6, 6.07) is 0. The molecule has 1 nitrogen and oxygen atoms in total. The summed E-state index contributed by atoms with van der Waals surface area (Å²) in [5.74, 6) is 0. The van der Waals surface area contributed by atoms with Gasteiger partial charge in [-0.1, -0.05) is 11.8 Å². The van der Waals surface area contributed by atoms with Crippen LogP contribution in [0.2, 0.25) is 0 Å². The molecule has 0 unspecified atom stereocenters. The van der Waals surface area contributed by atoms with E-state index in [2.05, 4.69) is 0 Å². The predicted octanol–water partition coefficient (Wildman–Crippen LogP) is 1.58. The molecule has 0 aliphatic carbocycles. The molecule has 0 amide bonds. The van der Waals surface area contributed by atoms with Gasteiger partial charge in [-0.05, 0) is 6.26 Å². The Hall–Kier alpha value is -0.190. The Balaban J connectivity index is 4.55. The van der Waals surface area contributed by atoms with E-state index in [1.807, 2.05) is 0 Å². The summed E-state index contributed by atoms with van der Waals surface area (Å²) in [5, 5.41) is -0.576. The highest BCUT2D eigenvalue weighted by atomic mass is 32.2. The fourth-order valence-electron chi connectivity index (χ4n) is 0.552. The number of nitrogens with zero attached hydrogens (tertiary/aromatic N) is 1. The highest BCUT2D eigenvalue weighted by Crippen LogP contribution is 2.22. The van der Waals surface area contributed by atoms with Gasteiger partial charge < -0.3 is 0 Å². The van der Waals surface area contributed by atoms with Crippen LogP contribution in [0.15, 0.2) is 0 Å². The number of hydrogen-bond acceptors (Lipinski definition) is 1.